The topological polar surface area (TPSA) is 97.0 Å². The van der Waals surface area contributed by atoms with Crippen molar-refractivity contribution in [3.63, 3.8) is 0 Å². The van der Waals surface area contributed by atoms with Crippen molar-refractivity contribution in [1.29, 1.82) is 0 Å². The molecule has 0 unspecified atom stereocenters. The number of hydrogen-bond donors (Lipinski definition) is 1. The van der Waals surface area contributed by atoms with Crippen molar-refractivity contribution >= 4 is 17.1 Å². The molecule has 162 valence electrons. The normalized spacial score (nSPS) is 21.8. The number of rotatable bonds is 4. The minimum absolute atomic E-state index is 0.105. The van der Waals surface area contributed by atoms with Gasteiger partial charge in [0.1, 0.15) is 5.65 Å². The van der Waals surface area contributed by atoms with Crippen LogP contribution in [0.25, 0.3) is 11.0 Å². The van der Waals surface area contributed by atoms with Gasteiger partial charge in [-0.15, -0.1) is 0 Å². The number of hydrogen-bond acceptors (Lipinski definition) is 5. The third kappa shape index (κ3) is 3.75. The number of amides is 1. The van der Waals surface area contributed by atoms with Gasteiger partial charge in [-0.3, -0.25) is 23.6 Å². The Morgan fingerprint density at radius 2 is 1.87 bits per heavy atom. The van der Waals surface area contributed by atoms with Gasteiger partial charge in [0.05, 0.1) is 25.3 Å². The van der Waals surface area contributed by atoms with Gasteiger partial charge in [-0.1, -0.05) is 0 Å². The smallest absolute Gasteiger partial charge is 0.407 e. The average molecular weight is 416 g/mol. The molecule has 1 N–H and O–H groups in total. The molecule has 2 aromatic heterocycles. The van der Waals surface area contributed by atoms with E-state index < -0.39 is 11.6 Å². The summed E-state index contributed by atoms with van der Waals surface area (Å²) >= 11 is 0. The summed E-state index contributed by atoms with van der Waals surface area (Å²) in [7, 11) is 0. The second-order valence-corrected chi connectivity index (χ2v) is 9.07. The quantitative estimate of drug-likeness (QED) is 0.804. The summed E-state index contributed by atoms with van der Waals surface area (Å²) in [6.45, 7) is 8.71. The fraction of sp³-hybridized carbons (Fsp3) is 0.571. The molecule has 2 aromatic rings. The van der Waals surface area contributed by atoms with Gasteiger partial charge in [0.15, 0.2) is 0 Å². The second kappa shape index (κ2) is 7.55. The van der Waals surface area contributed by atoms with E-state index in [4.69, 9.17) is 4.74 Å². The summed E-state index contributed by atoms with van der Waals surface area (Å²) in [5, 5.41) is 10.4. The summed E-state index contributed by atoms with van der Waals surface area (Å²) in [6.07, 6.45) is -1.21. The third-order valence-corrected chi connectivity index (χ3v) is 5.93. The Kier molecular flexibility index (Phi) is 5.19. The standard InChI is InChI=1S/C21H28N4O5/c1-21(2,3)24(20(28)29)13-16-12-22(8-9-30-16)10-15-11-23-17(26)6-4-14-5-7-18(27)25(15)19(14)23/h4-7,15-16H,8-13H2,1-3H3,(H,28,29)/t15-,16+/m1/s1. The Bertz CT molecular complexity index is 1080. The van der Waals surface area contributed by atoms with Crippen LogP contribution in [-0.4, -0.2) is 74.6 Å². The SMILES string of the molecule is CC(C)(C)N(C[C@@H]1CN(C[C@@H]2Cn3c(=O)ccc4ccc(=O)n2c43)CCO1)C(=O)O. The van der Waals surface area contributed by atoms with E-state index in [2.05, 4.69) is 4.90 Å². The fourth-order valence-electron chi connectivity index (χ4n) is 4.49. The maximum Gasteiger partial charge on any atom is 0.407 e. The Morgan fingerprint density at radius 3 is 2.53 bits per heavy atom. The number of aromatic nitrogens is 2. The molecule has 0 aromatic carbocycles. The van der Waals surface area contributed by atoms with E-state index in [0.29, 0.717) is 38.4 Å². The van der Waals surface area contributed by atoms with Gasteiger partial charge < -0.3 is 14.7 Å². The van der Waals surface area contributed by atoms with Crippen LogP contribution in [0.3, 0.4) is 0 Å². The van der Waals surface area contributed by atoms with Crippen LogP contribution in [0.15, 0.2) is 33.9 Å². The maximum atomic E-state index is 12.6. The van der Waals surface area contributed by atoms with Gasteiger partial charge in [-0.2, -0.15) is 0 Å². The van der Waals surface area contributed by atoms with Crippen molar-refractivity contribution in [2.24, 2.45) is 0 Å². The zero-order valence-electron chi connectivity index (χ0n) is 17.6. The molecule has 2 atom stereocenters. The van der Waals surface area contributed by atoms with Gasteiger partial charge in [0.2, 0.25) is 0 Å². The van der Waals surface area contributed by atoms with Gasteiger partial charge in [0, 0.05) is 49.2 Å². The van der Waals surface area contributed by atoms with E-state index in [1.807, 2.05) is 20.8 Å². The van der Waals surface area contributed by atoms with Gasteiger partial charge in [-0.25, -0.2) is 4.79 Å². The molecule has 0 radical (unpaired) electrons. The lowest BCUT2D eigenvalue weighted by molar-refractivity contribution is -0.0531. The average Bonchev–Trinajstić information content (AvgIpc) is 3.05. The van der Waals surface area contributed by atoms with Crippen LogP contribution in [0.2, 0.25) is 0 Å². The first-order valence-electron chi connectivity index (χ1n) is 10.2. The van der Waals surface area contributed by atoms with Crippen molar-refractivity contribution < 1.29 is 14.6 Å². The highest BCUT2D eigenvalue weighted by atomic mass is 16.5. The number of morpholine rings is 1. The first kappa shape index (κ1) is 20.6. The Morgan fingerprint density at radius 1 is 1.17 bits per heavy atom. The van der Waals surface area contributed by atoms with Gasteiger partial charge in [-0.05, 0) is 32.9 Å². The molecule has 1 amide bonds. The summed E-state index contributed by atoms with van der Waals surface area (Å²) in [5.41, 5.74) is -0.0608. The summed E-state index contributed by atoms with van der Waals surface area (Å²) in [6, 6.07) is 6.45. The van der Waals surface area contributed by atoms with E-state index >= 15 is 0 Å². The number of nitrogens with zero attached hydrogens (tertiary/aromatic N) is 4. The van der Waals surface area contributed by atoms with E-state index in [-0.39, 0.29) is 29.8 Å². The summed E-state index contributed by atoms with van der Waals surface area (Å²) < 4.78 is 9.23. The van der Waals surface area contributed by atoms with Crippen LogP contribution in [0, 0.1) is 0 Å². The first-order chi connectivity index (χ1) is 14.1. The fourth-order valence-corrected chi connectivity index (χ4v) is 4.49. The van der Waals surface area contributed by atoms with E-state index in [9.17, 15) is 19.5 Å². The number of ether oxygens (including phenoxy) is 1. The van der Waals surface area contributed by atoms with Crippen molar-refractivity contribution in [3.05, 3.63) is 45.0 Å². The molecule has 9 nitrogen and oxygen atoms in total. The Balaban J connectivity index is 1.52. The van der Waals surface area contributed by atoms with E-state index in [0.717, 1.165) is 5.39 Å². The third-order valence-electron chi connectivity index (χ3n) is 5.93. The van der Waals surface area contributed by atoms with Crippen molar-refractivity contribution in [2.75, 3.05) is 32.8 Å². The lowest BCUT2D eigenvalue weighted by atomic mass is 10.1. The zero-order valence-corrected chi connectivity index (χ0v) is 17.6. The molecule has 30 heavy (non-hydrogen) atoms. The van der Waals surface area contributed by atoms with Crippen LogP contribution in [-0.2, 0) is 11.3 Å². The molecule has 2 aliphatic heterocycles. The van der Waals surface area contributed by atoms with E-state index in [1.165, 1.54) is 11.0 Å². The van der Waals surface area contributed by atoms with Crippen molar-refractivity contribution in [1.82, 2.24) is 18.9 Å². The maximum absolute atomic E-state index is 12.6. The minimum Gasteiger partial charge on any atom is -0.465 e. The highest BCUT2D eigenvalue weighted by Crippen LogP contribution is 2.25. The molecule has 4 rings (SSSR count). The van der Waals surface area contributed by atoms with Crippen molar-refractivity contribution in [3.8, 4) is 0 Å². The highest BCUT2D eigenvalue weighted by Gasteiger charge is 2.33. The lowest BCUT2D eigenvalue weighted by Gasteiger charge is -2.40. The lowest BCUT2D eigenvalue weighted by Crippen LogP contribution is -2.54. The number of carbonyl (C=O) groups is 1. The highest BCUT2D eigenvalue weighted by molar-refractivity contribution is 5.76. The monoisotopic (exact) mass is 416 g/mol. The molecule has 0 aliphatic carbocycles. The van der Waals surface area contributed by atoms with E-state index in [1.54, 1.807) is 27.3 Å². The molecule has 0 bridgehead atoms. The zero-order chi connectivity index (χ0) is 21.6. The molecule has 1 saturated heterocycles. The molecule has 2 aliphatic rings. The Hall–Kier alpha value is -2.65. The molecule has 4 heterocycles. The minimum atomic E-state index is -0.966. The van der Waals surface area contributed by atoms with Crippen LogP contribution < -0.4 is 11.1 Å². The van der Waals surface area contributed by atoms with Crippen LogP contribution in [0.1, 0.15) is 26.8 Å². The van der Waals surface area contributed by atoms with Gasteiger partial charge in [0.25, 0.3) is 11.1 Å². The molecular weight excluding hydrogens is 388 g/mol. The molecule has 9 heteroatoms. The van der Waals surface area contributed by atoms with Crippen LogP contribution in [0.5, 0.6) is 0 Å². The predicted octanol–water partition coefficient (Wildman–Crippen LogP) is 1.20. The first-order valence-corrected chi connectivity index (χ1v) is 10.2. The molecular formula is C21H28N4O5. The molecule has 0 spiro atoms. The number of pyridine rings is 2. The summed E-state index contributed by atoms with van der Waals surface area (Å²) in [4.78, 5) is 40.2. The molecule has 0 saturated carbocycles. The molecule has 1 fully saturated rings. The predicted molar refractivity (Wildman–Crippen MR) is 112 cm³/mol. The van der Waals surface area contributed by atoms with Crippen molar-refractivity contribution in [2.45, 2.75) is 45.0 Å². The van der Waals surface area contributed by atoms with Crippen LogP contribution in [0.4, 0.5) is 4.79 Å². The largest absolute Gasteiger partial charge is 0.465 e. The summed E-state index contributed by atoms with van der Waals surface area (Å²) in [5.74, 6) is 0. The number of carboxylic acid groups (broad SMARTS) is 1. The van der Waals surface area contributed by atoms with Gasteiger partial charge >= 0.3 is 6.09 Å². The van der Waals surface area contributed by atoms with Crippen LogP contribution >= 0.6 is 0 Å². The second-order valence-electron chi connectivity index (χ2n) is 9.07. The Labute approximate surface area is 174 Å².